The van der Waals surface area contributed by atoms with Gasteiger partial charge >= 0.3 is 0 Å². The molecule has 0 unspecified atom stereocenters. The van der Waals surface area contributed by atoms with Crippen LogP contribution in [-0.2, 0) is 6.42 Å². The monoisotopic (exact) mass is 326 g/mol. The second-order valence-electron chi connectivity index (χ2n) is 6.30. The molecule has 0 radical (unpaired) electrons. The fraction of sp³-hybridized carbons (Fsp3) is 0.368. The summed E-state index contributed by atoms with van der Waals surface area (Å²) in [7, 11) is 0. The smallest absolute Gasteiger partial charge is 0.255 e. The average molecular weight is 326 g/mol. The Morgan fingerprint density at radius 3 is 2.88 bits per heavy atom. The van der Waals surface area contributed by atoms with Gasteiger partial charge in [-0.15, -0.1) is 0 Å². The van der Waals surface area contributed by atoms with Crippen molar-refractivity contribution in [3.05, 3.63) is 64.1 Å². The lowest BCUT2D eigenvalue weighted by Crippen LogP contribution is -2.44. The summed E-state index contributed by atoms with van der Waals surface area (Å²) in [4.78, 5) is 28.4. The Hall–Kier alpha value is -2.56. The first-order chi connectivity index (χ1) is 11.6. The van der Waals surface area contributed by atoms with E-state index in [1.807, 2.05) is 17.0 Å². The minimum absolute atomic E-state index is 0.0214. The number of benzene rings is 1. The normalized spacial score (nSPS) is 17.7. The Balaban J connectivity index is 1.69. The Labute approximate surface area is 140 Å². The minimum atomic E-state index is -0.203. The lowest BCUT2D eigenvalue weighted by atomic mass is 9.95. The van der Waals surface area contributed by atoms with E-state index in [1.165, 1.54) is 12.3 Å². The van der Waals surface area contributed by atoms with Crippen LogP contribution < -0.4 is 5.56 Å². The highest BCUT2D eigenvalue weighted by atomic mass is 16.3. The zero-order valence-corrected chi connectivity index (χ0v) is 13.6. The van der Waals surface area contributed by atoms with Gasteiger partial charge in [0, 0.05) is 24.8 Å². The molecule has 126 valence electrons. The van der Waals surface area contributed by atoms with Crippen molar-refractivity contribution in [2.24, 2.45) is 0 Å². The van der Waals surface area contributed by atoms with Crippen LogP contribution >= 0.6 is 0 Å². The number of aromatic amines is 1. The summed E-state index contributed by atoms with van der Waals surface area (Å²) in [6.07, 6.45) is 6.32. The van der Waals surface area contributed by atoms with Crippen molar-refractivity contribution < 1.29 is 9.90 Å². The van der Waals surface area contributed by atoms with Gasteiger partial charge in [-0.1, -0.05) is 12.1 Å². The number of phenolic OH excluding ortho intramolecular Hbond substituents is 1. The average Bonchev–Trinajstić information content (AvgIpc) is 2.60. The molecule has 2 aromatic rings. The number of carbonyl (C=O) groups excluding carboxylic acids is 1. The van der Waals surface area contributed by atoms with E-state index in [4.69, 9.17) is 0 Å². The van der Waals surface area contributed by atoms with Gasteiger partial charge in [-0.25, -0.2) is 0 Å². The number of aryl methyl sites for hydroxylation is 1. The van der Waals surface area contributed by atoms with Crippen LogP contribution in [0.25, 0.3) is 0 Å². The van der Waals surface area contributed by atoms with Gasteiger partial charge in [-0.05, 0) is 55.9 Å². The highest BCUT2D eigenvalue weighted by molar-refractivity contribution is 5.94. The summed E-state index contributed by atoms with van der Waals surface area (Å²) < 4.78 is 0. The topological polar surface area (TPSA) is 73.4 Å². The van der Waals surface area contributed by atoms with E-state index in [9.17, 15) is 14.7 Å². The number of rotatable bonds is 4. The second-order valence-corrected chi connectivity index (χ2v) is 6.30. The molecule has 1 aromatic heterocycles. The van der Waals surface area contributed by atoms with Gasteiger partial charge in [0.2, 0.25) is 5.56 Å². The lowest BCUT2D eigenvalue weighted by Gasteiger charge is -2.36. The third kappa shape index (κ3) is 3.85. The number of carbonyl (C=O) groups is 1. The Kier molecular flexibility index (Phi) is 4.99. The second kappa shape index (κ2) is 7.34. The molecule has 24 heavy (non-hydrogen) atoms. The van der Waals surface area contributed by atoms with Gasteiger partial charge in [0.15, 0.2) is 0 Å². The molecule has 1 fully saturated rings. The van der Waals surface area contributed by atoms with Crippen LogP contribution in [0.5, 0.6) is 5.75 Å². The molecule has 1 saturated heterocycles. The number of nitrogens with one attached hydrogen (secondary N) is 1. The SMILES string of the molecule is O=C(c1ccc(=O)[nH]c1)N1CCCC[C@@H]1CCc1cccc(O)c1. The minimum Gasteiger partial charge on any atom is -0.508 e. The largest absolute Gasteiger partial charge is 0.508 e. The third-order valence-electron chi connectivity index (χ3n) is 4.60. The molecule has 0 aliphatic carbocycles. The number of phenols is 1. The van der Waals surface area contributed by atoms with Crippen molar-refractivity contribution in [2.75, 3.05) is 6.54 Å². The summed E-state index contributed by atoms with van der Waals surface area (Å²) in [5, 5.41) is 9.57. The highest BCUT2D eigenvalue weighted by Gasteiger charge is 2.27. The summed E-state index contributed by atoms with van der Waals surface area (Å²) in [5.74, 6) is 0.254. The predicted octanol–water partition coefficient (Wildman–Crippen LogP) is 2.71. The maximum absolute atomic E-state index is 12.8. The van der Waals surface area contributed by atoms with Crippen LogP contribution in [0.3, 0.4) is 0 Å². The zero-order valence-electron chi connectivity index (χ0n) is 13.6. The molecule has 1 aromatic carbocycles. The molecule has 1 atom stereocenters. The first-order valence-corrected chi connectivity index (χ1v) is 8.41. The number of H-pyrrole nitrogens is 1. The van der Waals surface area contributed by atoms with Crippen molar-refractivity contribution in [1.29, 1.82) is 0 Å². The highest BCUT2D eigenvalue weighted by Crippen LogP contribution is 2.24. The van der Waals surface area contributed by atoms with Gasteiger partial charge in [0.25, 0.3) is 5.91 Å². The van der Waals surface area contributed by atoms with Crippen LogP contribution in [0, 0.1) is 0 Å². The number of piperidine rings is 1. The maximum atomic E-state index is 12.8. The predicted molar refractivity (Wildman–Crippen MR) is 92.2 cm³/mol. The summed E-state index contributed by atoms with van der Waals surface area (Å²) >= 11 is 0. The number of likely N-dealkylation sites (tertiary alicyclic amines) is 1. The Morgan fingerprint density at radius 2 is 2.12 bits per heavy atom. The fourth-order valence-electron chi connectivity index (χ4n) is 3.32. The summed E-state index contributed by atoms with van der Waals surface area (Å²) in [6, 6.07) is 10.4. The molecule has 0 spiro atoms. The summed E-state index contributed by atoms with van der Waals surface area (Å²) in [6.45, 7) is 0.753. The van der Waals surface area contributed by atoms with Gasteiger partial charge in [0.05, 0.1) is 5.56 Å². The van der Waals surface area contributed by atoms with Gasteiger partial charge in [-0.2, -0.15) is 0 Å². The van der Waals surface area contributed by atoms with Gasteiger partial charge < -0.3 is 15.0 Å². The van der Waals surface area contributed by atoms with Crippen molar-refractivity contribution in [3.8, 4) is 5.75 Å². The van der Waals surface area contributed by atoms with Crippen LogP contribution in [0.15, 0.2) is 47.4 Å². The number of aromatic hydroxyl groups is 1. The number of hydrogen-bond acceptors (Lipinski definition) is 3. The molecule has 5 nitrogen and oxygen atoms in total. The van der Waals surface area contributed by atoms with Crippen LogP contribution in [0.2, 0.25) is 0 Å². The lowest BCUT2D eigenvalue weighted by molar-refractivity contribution is 0.0601. The van der Waals surface area contributed by atoms with Gasteiger partial charge in [-0.3, -0.25) is 9.59 Å². The fourth-order valence-corrected chi connectivity index (χ4v) is 3.32. The Morgan fingerprint density at radius 1 is 1.25 bits per heavy atom. The van der Waals surface area contributed by atoms with E-state index in [1.54, 1.807) is 18.2 Å². The van der Waals surface area contributed by atoms with Crippen LogP contribution in [-0.4, -0.2) is 33.5 Å². The Bertz CT molecular complexity index is 749. The number of nitrogens with zero attached hydrogens (tertiary/aromatic N) is 1. The number of hydrogen-bond donors (Lipinski definition) is 2. The van der Waals surface area contributed by atoms with Crippen molar-refractivity contribution >= 4 is 5.91 Å². The molecule has 0 bridgehead atoms. The molecule has 2 heterocycles. The third-order valence-corrected chi connectivity index (χ3v) is 4.60. The molecule has 0 saturated carbocycles. The van der Waals surface area contributed by atoms with E-state index in [-0.39, 0.29) is 23.3 Å². The standard InChI is InChI=1S/C19H22N2O3/c22-17-6-3-4-14(12-17)7-9-16-5-1-2-11-21(16)19(24)15-8-10-18(23)20-13-15/h3-4,6,8,10,12-13,16,22H,1-2,5,7,9,11H2,(H,20,23)/t16-/m1/s1. The van der Waals surface area contributed by atoms with Gasteiger partial charge in [0.1, 0.15) is 5.75 Å². The maximum Gasteiger partial charge on any atom is 0.255 e. The van der Waals surface area contributed by atoms with Crippen molar-refractivity contribution in [3.63, 3.8) is 0 Å². The molecule has 1 aliphatic rings. The molecule has 5 heteroatoms. The van der Waals surface area contributed by atoms with E-state index in [0.29, 0.717) is 5.56 Å². The molecule has 2 N–H and O–H groups in total. The van der Waals surface area contributed by atoms with E-state index in [0.717, 1.165) is 44.2 Å². The van der Waals surface area contributed by atoms with Crippen molar-refractivity contribution in [1.82, 2.24) is 9.88 Å². The zero-order chi connectivity index (χ0) is 16.9. The molecule has 1 aliphatic heterocycles. The molecule has 3 rings (SSSR count). The van der Waals surface area contributed by atoms with E-state index in [2.05, 4.69) is 4.98 Å². The van der Waals surface area contributed by atoms with E-state index >= 15 is 0 Å². The summed E-state index contributed by atoms with van der Waals surface area (Å²) in [5.41, 5.74) is 1.40. The van der Waals surface area contributed by atoms with E-state index < -0.39 is 0 Å². The molecule has 1 amide bonds. The first kappa shape index (κ1) is 16.3. The number of amides is 1. The number of pyridine rings is 1. The molecular formula is C19H22N2O3. The van der Waals surface area contributed by atoms with Crippen LogP contribution in [0.1, 0.15) is 41.6 Å². The van der Waals surface area contributed by atoms with Crippen molar-refractivity contribution in [2.45, 2.75) is 38.1 Å². The molecular weight excluding hydrogens is 304 g/mol. The van der Waals surface area contributed by atoms with Crippen LogP contribution in [0.4, 0.5) is 0 Å². The quantitative estimate of drug-likeness (QED) is 0.907. The number of aromatic nitrogens is 1. The first-order valence-electron chi connectivity index (χ1n) is 8.41.